The average molecular weight is 510 g/mol. The summed E-state index contributed by atoms with van der Waals surface area (Å²) < 4.78 is 28.0. The van der Waals surface area contributed by atoms with E-state index in [1.807, 2.05) is 19.2 Å². The summed E-state index contributed by atoms with van der Waals surface area (Å²) in [6.07, 6.45) is 6.27. The molecule has 5 rings (SSSR count). The molecule has 0 aliphatic carbocycles. The number of sulfone groups is 1. The lowest BCUT2D eigenvalue weighted by molar-refractivity contribution is 0.289. The summed E-state index contributed by atoms with van der Waals surface area (Å²) in [5.41, 5.74) is 4.73. The third-order valence-corrected chi connectivity index (χ3v) is 9.05. The van der Waals surface area contributed by atoms with Crippen molar-refractivity contribution >= 4 is 32.5 Å². The number of thioether (sulfide) groups is 1. The maximum atomic E-state index is 11.9. The smallest absolute Gasteiger partial charge is 0.191 e. The molecular formula is C26H31N5O2S2. The summed E-state index contributed by atoms with van der Waals surface area (Å²) in [6.45, 7) is 2.99. The van der Waals surface area contributed by atoms with Crippen LogP contribution in [-0.2, 0) is 36.8 Å². The van der Waals surface area contributed by atoms with Crippen LogP contribution in [0.3, 0.4) is 0 Å². The number of rotatable bonds is 7. The summed E-state index contributed by atoms with van der Waals surface area (Å²) in [6, 6.07) is 14.1. The van der Waals surface area contributed by atoms with Crippen molar-refractivity contribution in [2.75, 3.05) is 31.6 Å². The Morgan fingerprint density at radius 1 is 0.971 bits per heavy atom. The Bertz CT molecular complexity index is 1470. The Labute approximate surface area is 211 Å². The topological polar surface area (TPSA) is 73.0 Å². The van der Waals surface area contributed by atoms with Gasteiger partial charge in [-0.3, -0.25) is 0 Å². The van der Waals surface area contributed by atoms with Crippen molar-refractivity contribution in [1.82, 2.24) is 24.2 Å². The minimum Gasteiger partial charge on any atom is -0.351 e. The molecule has 3 heterocycles. The lowest BCUT2D eigenvalue weighted by Crippen LogP contribution is -2.27. The van der Waals surface area contributed by atoms with E-state index >= 15 is 0 Å². The SMILES string of the molecule is Cn1c(SCCCN2CCc3ccc(S(C)(=O)=O)cc3CC2)nnc1-c1ccc2c(ccn2C)c1. The second-order valence-corrected chi connectivity index (χ2v) is 12.4. The van der Waals surface area contributed by atoms with Gasteiger partial charge < -0.3 is 14.0 Å². The van der Waals surface area contributed by atoms with Crippen LogP contribution in [0, 0.1) is 0 Å². The van der Waals surface area contributed by atoms with E-state index in [1.165, 1.54) is 28.3 Å². The van der Waals surface area contributed by atoms with Crippen LogP contribution >= 0.6 is 11.8 Å². The first-order chi connectivity index (χ1) is 16.8. The van der Waals surface area contributed by atoms with Crippen LogP contribution in [0.1, 0.15) is 17.5 Å². The van der Waals surface area contributed by atoms with Gasteiger partial charge >= 0.3 is 0 Å². The lowest BCUT2D eigenvalue weighted by Gasteiger charge is -2.19. The van der Waals surface area contributed by atoms with Gasteiger partial charge in [0.25, 0.3) is 0 Å². The number of nitrogens with zero attached hydrogens (tertiary/aromatic N) is 5. The van der Waals surface area contributed by atoms with Crippen LogP contribution in [0.2, 0.25) is 0 Å². The van der Waals surface area contributed by atoms with Gasteiger partial charge in [-0.2, -0.15) is 0 Å². The molecule has 0 bridgehead atoms. The zero-order valence-electron chi connectivity index (χ0n) is 20.4. The van der Waals surface area contributed by atoms with E-state index in [9.17, 15) is 8.42 Å². The average Bonchev–Trinajstić information content (AvgIpc) is 3.31. The van der Waals surface area contributed by atoms with Crippen molar-refractivity contribution in [3.8, 4) is 11.4 Å². The summed E-state index contributed by atoms with van der Waals surface area (Å²) in [5, 5.41) is 11.0. The highest BCUT2D eigenvalue weighted by atomic mass is 32.2. The third kappa shape index (κ3) is 5.17. The molecule has 0 N–H and O–H groups in total. The molecule has 0 atom stereocenters. The van der Waals surface area contributed by atoms with E-state index in [0.29, 0.717) is 4.90 Å². The van der Waals surface area contributed by atoms with E-state index < -0.39 is 9.84 Å². The van der Waals surface area contributed by atoms with Gasteiger partial charge in [-0.25, -0.2) is 8.42 Å². The van der Waals surface area contributed by atoms with Crippen LogP contribution in [0.4, 0.5) is 0 Å². The zero-order chi connectivity index (χ0) is 24.6. The zero-order valence-corrected chi connectivity index (χ0v) is 22.1. The Morgan fingerprint density at radius 2 is 1.77 bits per heavy atom. The van der Waals surface area contributed by atoms with Crippen LogP contribution in [0.5, 0.6) is 0 Å². The van der Waals surface area contributed by atoms with Crippen LogP contribution in [0.15, 0.2) is 58.7 Å². The fraction of sp³-hybridized carbons (Fsp3) is 0.385. The van der Waals surface area contributed by atoms with Gasteiger partial charge in [-0.05, 0) is 73.3 Å². The summed E-state index contributed by atoms with van der Waals surface area (Å²) in [4.78, 5) is 2.91. The first-order valence-corrected chi connectivity index (χ1v) is 14.8. The molecule has 2 aromatic heterocycles. The van der Waals surface area contributed by atoms with Gasteiger partial charge in [0.1, 0.15) is 0 Å². The predicted molar refractivity (Wildman–Crippen MR) is 142 cm³/mol. The van der Waals surface area contributed by atoms with E-state index in [2.05, 4.69) is 61.7 Å². The Morgan fingerprint density at radius 3 is 2.57 bits per heavy atom. The highest BCUT2D eigenvalue weighted by Gasteiger charge is 2.17. The first-order valence-electron chi connectivity index (χ1n) is 11.9. The first kappa shape index (κ1) is 24.1. The monoisotopic (exact) mass is 509 g/mol. The van der Waals surface area contributed by atoms with Crippen LogP contribution < -0.4 is 0 Å². The molecule has 0 radical (unpaired) electrons. The van der Waals surface area contributed by atoms with Gasteiger partial charge in [-0.1, -0.05) is 17.8 Å². The molecule has 35 heavy (non-hydrogen) atoms. The van der Waals surface area contributed by atoms with Gasteiger partial charge in [0.15, 0.2) is 20.8 Å². The number of aromatic nitrogens is 4. The molecular weight excluding hydrogens is 478 g/mol. The molecule has 0 fully saturated rings. The van der Waals surface area contributed by atoms with E-state index in [-0.39, 0.29) is 0 Å². The quantitative estimate of drug-likeness (QED) is 0.277. The van der Waals surface area contributed by atoms with Crippen molar-refractivity contribution in [1.29, 1.82) is 0 Å². The highest BCUT2D eigenvalue weighted by Crippen LogP contribution is 2.27. The van der Waals surface area contributed by atoms with Crippen LogP contribution in [0.25, 0.3) is 22.3 Å². The Hall–Kier alpha value is -2.62. The van der Waals surface area contributed by atoms with E-state index in [4.69, 9.17) is 0 Å². The van der Waals surface area contributed by atoms with Crippen molar-refractivity contribution in [3.63, 3.8) is 0 Å². The van der Waals surface area contributed by atoms with Crippen molar-refractivity contribution in [2.45, 2.75) is 29.3 Å². The molecule has 1 aliphatic heterocycles. The lowest BCUT2D eigenvalue weighted by atomic mass is 10.0. The number of fused-ring (bicyclic) bond motifs is 2. The molecule has 1 aliphatic rings. The van der Waals surface area contributed by atoms with Gasteiger partial charge in [0.05, 0.1) is 4.90 Å². The molecule has 7 nitrogen and oxygen atoms in total. The standard InChI is InChI=1S/C26H31N5O2S2/c1-29-13-9-21-17-22(6-8-24(21)29)25-27-28-26(30(25)2)34-16-4-12-31-14-10-19-5-7-23(35(3,32)33)18-20(19)11-15-31/h5-9,13,17-18H,4,10-12,14-16H2,1-3H3. The van der Waals surface area contributed by atoms with Crippen molar-refractivity contribution in [3.05, 3.63) is 59.8 Å². The fourth-order valence-electron chi connectivity index (χ4n) is 4.77. The third-order valence-electron chi connectivity index (χ3n) is 6.83. The Kier molecular flexibility index (Phi) is 6.74. The molecule has 2 aromatic carbocycles. The van der Waals surface area contributed by atoms with Crippen molar-refractivity contribution in [2.24, 2.45) is 14.1 Å². The maximum absolute atomic E-state index is 11.9. The second kappa shape index (κ2) is 9.79. The molecule has 0 saturated carbocycles. The molecule has 0 unspecified atom stereocenters. The summed E-state index contributed by atoms with van der Waals surface area (Å²) in [5.74, 6) is 1.86. The minimum absolute atomic E-state index is 0.424. The van der Waals surface area contributed by atoms with Gasteiger partial charge in [0, 0.05) is 61.9 Å². The van der Waals surface area contributed by atoms with Crippen LogP contribution in [-0.4, -0.2) is 64.3 Å². The van der Waals surface area contributed by atoms with E-state index in [0.717, 1.165) is 61.2 Å². The minimum atomic E-state index is -3.16. The molecule has 4 aromatic rings. The Balaban J connectivity index is 1.15. The maximum Gasteiger partial charge on any atom is 0.191 e. The summed E-state index contributed by atoms with van der Waals surface area (Å²) in [7, 11) is 0.921. The van der Waals surface area contributed by atoms with E-state index in [1.54, 1.807) is 17.8 Å². The van der Waals surface area contributed by atoms with Gasteiger partial charge in [-0.15, -0.1) is 10.2 Å². The van der Waals surface area contributed by atoms with Crippen molar-refractivity contribution < 1.29 is 8.42 Å². The normalized spacial score (nSPS) is 14.8. The van der Waals surface area contributed by atoms with Gasteiger partial charge in [0.2, 0.25) is 0 Å². The highest BCUT2D eigenvalue weighted by molar-refractivity contribution is 7.99. The second-order valence-electron chi connectivity index (χ2n) is 9.31. The number of aryl methyl sites for hydroxylation is 1. The summed E-state index contributed by atoms with van der Waals surface area (Å²) >= 11 is 1.75. The molecule has 0 spiro atoms. The molecule has 184 valence electrons. The largest absolute Gasteiger partial charge is 0.351 e. The molecule has 0 amide bonds. The number of hydrogen-bond donors (Lipinski definition) is 0. The molecule has 9 heteroatoms. The predicted octanol–water partition coefficient (Wildman–Crippen LogP) is 3.96. The number of benzene rings is 2. The number of hydrogen-bond acceptors (Lipinski definition) is 6. The molecule has 0 saturated heterocycles. The fourth-order valence-corrected chi connectivity index (χ4v) is 6.27.